The maximum absolute atomic E-state index is 3.69. The van der Waals surface area contributed by atoms with Crippen LogP contribution in [0.4, 0.5) is 0 Å². The molecular formula is C32H36Cl2HfSi. The fourth-order valence-electron chi connectivity index (χ4n) is 7.40. The average molecular weight is 698 g/mol. The second-order valence-electron chi connectivity index (χ2n) is 11.5. The van der Waals surface area contributed by atoms with Crippen LogP contribution in [0.3, 0.4) is 0 Å². The molecule has 0 saturated heterocycles. The Bertz CT molecular complexity index is 1510. The summed E-state index contributed by atoms with van der Waals surface area (Å²) in [5.74, 6) is 0. The van der Waals surface area contributed by atoms with Crippen LogP contribution in [-0.4, -0.2) is 6.94 Å². The van der Waals surface area contributed by atoms with Gasteiger partial charge < -0.3 is 0 Å². The van der Waals surface area contributed by atoms with Gasteiger partial charge in [0.05, 0.1) is 0 Å². The van der Waals surface area contributed by atoms with E-state index in [-0.39, 0.29) is 24.8 Å². The van der Waals surface area contributed by atoms with Gasteiger partial charge in [-0.05, 0) is 0 Å². The van der Waals surface area contributed by atoms with Gasteiger partial charge in [0.1, 0.15) is 0 Å². The smallest absolute Gasteiger partial charge is 0.147 e. The Labute approximate surface area is 230 Å². The van der Waals surface area contributed by atoms with Crippen LogP contribution in [-0.2, 0) is 17.1 Å². The standard InChI is InChI=1S/2C15H13.2CH3.2ClH.Hf.H2Si/c2*1-2-11-9-13-8-7-12-5-3-4-6-14(12)15(13)10-11;;;;;;/h2*3-10H,2H2,1H3;2*1H3;2*1H;;1H2. The first-order chi connectivity index (χ1) is 16.3. The maximum atomic E-state index is 2.78. The van der Waals surface area contributed by atoms with Crippen molar-refractivity contribution >= 4 is 65.5 Å². The van der Waals surface area contributed by atoms with Gasteiger partial charge >= 0.3 is 207 Å². The molecule has 0 spiro atoms. The molecule has 186 valence electrons. The second-order valence-corrected chi connectivity index (χ2v) is 55.0. The monoisotopic (exact) mass is 698 g/mol. The van der Waals surface area contributed by atoms with E-state index in [0.717, 1.165) is 12.8 Å². The Morgan fingerprint density at radius 2 is 1.00 bits per heavy atom. The molecule has 0 N–H and O–H groups in total. The van der Waals surface area contributed by atoms with E-state index in [1.165, 1.54) is 32.7 Å². The molecule has 0 aliphatic heterocycles. The molecule has 0 amide bonds. The summed E-state index contributed by atoms with van der Waals surface area (Å²) in [4.78, 5) is 0. The molecule has 2 aliphatic rings. The molecule has 0 saturated carbocycles. The Balaban J connectivity index is 0.00000152. The number of fused-ring (bicyclic) bond motifs is 6. The Morgan fingerprint density at radius 3 is 1.39 bits per heavy atom. The number of benzene rings is 4. The molecule has 0 radical (unpaired) electrons. The Hall–Kier alpha value is -1.45. The quantitative estimate of drug-likeness (QED) is 0.187. The van der Waals surface area contributed by atoms with Crippen molar-refractivity contribution < 1.29 is 17.1 Å². The summed E-state index contributed by atoms with van der Waals surface area (Å²) in [7, 11) is 0. The van der Waals surface area contributed by atoms with Crippen LogP contribution in [0.15, 0.2) is 83.9 Å². The van der Waals surface area contributed by atoms with Gasteiger partial charge in [-0.15, -0.1) is 24.8 Å². The first-order valence-corrected chi connectivity index (χ1v) is 32.5. The normalized spacial score (nSPS) is 18.7. The first kappa shape index (κ1) is 27.6. The van der Waals surface area contributed by atoms with Crippen LogP contribution in [0, 0.1) is 0 Å². The Morgan fingerprint density at radius 1 is 0.611 bits per heavy atom. The summed E-state index contributed by atoms with van der Waals surface area (Å²) in [6.45, 7) is 7.22. The molecule has 2 atom stereocenters. The average Bonchev–Trinajstić information content (AvgIpc) is 3.44. The molecule has 36 heavy (non-hydrogen) atoms. The van der Waals surface area contributed by atoms with Crippen LogP contribution < -0.4 is 0 Å². The fourth-order valence-corrected chi connectivity index (χ4v) is 36.2. The maximum Gasteiger partial charge on any atom is -0.147 e. The summed E-state index contributed by atoms with van der Waals surface area (Å²) in [6.07, 6.45) is 7.38. The molecule has 0 nitrogen and oxygen atoms in total. The van der Waals surface area contributed by atoms with Crippen LogP contribution in [0.2, 0.25) is 9.36 Å². The molecule has 2 aliphatic carbocycles. The van der Waals surface area contributed by atoms with Gasteiger partial charge in [-0.1, -0.05) is 0 Å². The van der Waals surface area contributed by atoms with Crippen LogP contribution in [0.25, 0.3) is 33.7 Å². The molecule has 4 aromatic carbocycles. The van der Waals surface area contributed by atoms with E-state index in [2.05, 4.69) is 115 Å². The summed E-state index contributed by atoms with van der Waals surface area (Å²) in [5.41, 5.74) is 9.55. The van der Waals surface area contributed by atoms with Crippen LogP contribution in [0.1, 0.15) is 56.3 Å². The van der Waals surface area contributed by atoms with Gasteiger partial charge in [0.2, 0.25) is 0 Å². The number of halogens is 2. The minimum absolute atomic E-state index is 0. The third-order valence-electron chi connectivity index (χ3n) is 8.72. The van der Waals surface area contributed by atoms with Crippen molar-refractivity contribution in [1.29, 1.82) is 0 Å². The van der Waals surface area contributed by atoms with E-state index < -0.39 is 17.1 Å². The summed E-state index contributed by atoms with van der Waals surface area (Å²) in [5, 5.41) is 5.72. The molecule has 0 fully saturated rings. The van der Waals surface area contributed by atoms with Crippen LogP contribution >= 0.6 is 24.8 Å². The van der Waals surface area contributed by atoms with Crippen LogP contribution in [0.5, 0.6) is 0 Å². The van der Waals surface area contributed by atoms with Gasteiger partial charge in [0, 0.05) is 0 Å². The molecule has 4 heteroatoms. The van der Waals surface area contributed by atoms with Crippen molar-refractivity contribution in [3.8, 4) is 0 Å². The van der Waals surface area contributed by atoms with Crippen molar-refractivity contribution in [1.82, 2.24) is 0 Å². The van der Waals surface area contributed by atoms with E-state index in [0.29, 0.717) is 7.35 Å². The SMILES string of the molecule is CCC1=Cc2ccc3ccccc3c2[CH]1[Hf]([CH3])([CH3])(=[SiH2])[CH]1C(CC)=Cc2ccc3ccccc3c21.Cl.Cl. The molecule has 2 unspecified atom stereocenters. The minimum atomic E-state index is -3.69. The van der Waals surface area contributed by atoms with E-state index >= 15 is 0 Å². The molecule has 4 aromatic rings. The summed E-state index contributed by atoms with van der Waals surface area (Å²) >= 11 is -3.69. The summed E-state index contributed by atoms with van der Waals surface area (Å²) in [6, 6.07) is 27.6. The number of allylic oxidation sites excluding steroid dienone is 2. The van der Waals surface area contributed by atoms with Crippen molar-refractivity contribution in [2.75, 3.05) is 0 Å². The van der Waals surface area contributed by atoms with E-state index in [1.807, 2.05) is 0 Å². The fraction of sp³-hybridized carbons (Fsp3) is 0.250. The van der Waals surface area contributed by atoms with E-state index in [9.17, 15) is 0 Å². The first-order valence-electron chi connectivity index (χ1n) is 12.8. The van der Waals surface area contributed by atoms with E-state index in [1.54, 1.807) is 22.3 Å². The van der Waals surface area contributed by atoms with Gasteiger partial charge in [0.25, 0.3) is 0 Å². The number of hydrogen-bond acceptors (Lipinski definition) is 0. The topological polar surface area (TPSA) is 0 Å². The van der Waals surface area contributed by atoms with Crippen molar-refractivity contribution in [3.05, 3.63) is 106 Å². The van der Waals surface area contributed by atoms with Gasteiger partial charge in [-0.25, -0.2) is 0 Å². The largest absolute Gasteiger partial charge is 0.147 e. The zero-order valence-electron chi connectivity index (χ0n) is 21.7. The minimum Gasteiger partial charge on any atom is -0.147 e. The third kappa shape index (κ3) is 3.95. The molecule has 0 bridgehead atoms. The Kier molecular flexibility index (Phi) is 7.43. The van der Waals surface area contributed by atoms with Crippen molar-refractivity contribution in [2.24, 2.45) is 0 Å². The van der Waals surface area contributed by atoms with Gasteiger partial charge in [-0.2, -0.15) is 0 Å². The molecule has 0 heterocycles. The second kappa shape index (κ2) is 9.69. The van der Waals surface area contributed by atoms with Gasteiger partial charge in [0.15, 0.2) is 0 Å². The third-order valence-corrected chi connectivity index (χ3v) is 33.8. The predicted octanol–water partition coefficient (Wildman–Crippen LogP) is 9.57. The van der Waals surface area contributed by atoms with Crippen molar-refractivity contribution in [2.45, 2.75) is 43.4 Å². The number of hydrogen-bond donors (Lipinski definition) is 0. The summed E-state index contributed by atoms with van der Waals surface area (Å²) < 4.78 is 6.75. The van der Waals surface area contributed by atoms with Crippen molar-refractivity contribution in [3.63, 3.8) is 0 Å². The zero-order valence-corrected chi connectivity index (χ0v) is 28.3. The predicted molar refractivity (Wildman–Crippen MR) is 165 cm³/mol. The zero-order chi connectivity index (χ0) is 23.7. The van der Waals surface area contributed by atoms with Gasteiger partial charge in [-0.3, -0.25) is 0 Å². The van der Waals surface area contributed by atoms with E-state index in [4.69, 9.17) is 0 Å². The molecule has 6 rings (SSSR count). The molecule has 0 aromatic heterocycles. The number of rotatable bonds is 4. The molecular weight excluding hydrogens is 662 g/mol.